The van der Waals surface area contributed by atoms with Crippen LogP contribution >= 0.6 is 11.6 Å². The van der Waals surface area contributed by atoms with Crippen molar-refractivity contribution in [3.63, 3.8) is 0 Å². The molecule has 0 bridgehead atoms. The third-order valence-corrected chi connectivity index (χ3v) is 5.70. The Bertz CT molecular complexity index is 1670. The number of nitrogens with one attached hydrogen (secondary N) is 1. The zero-order chi connectivity index (χ0) is 23.8. The first kappa shape index (κ1) is 21.3. The first-order chi connectivity index (χ1) is 16.5. The Morgan fingerprint density at radius 2 is 1.97 bits per heavy atom. The second-order valence-corrected chi connectivity index (χ2v) is 8.00. The van der Waals surface area contributed by atoms with Gasteiger partial charge < -0.3 is 11.1 Å². The van der Waals surface area contributed by atoms with Crippen molar-refractivity contribution in [3.05, 3.63) is 87.7 Å². The number of aromatic nitrogens is 5. The number of anilines is 2. The Balaban J connectivity index is 1.74. The third-order valence-electron chi connectivity index (χ3n) is 5.39. The molecule has 0 saturated heterocycles. The van der Waals surface area contributed by atoms with Crippen molar-refractivity contribution >= 4 is 45.2 Å². The average Bonchev–Trinajstić information content (AvgIpc) is 2.83. The molecule has 1 atom stereocenters. The maximum atomic E-state index is 13.7. The summed E-state index contributed by atoms with van der Waals surface area (Å²) in [4.78, 5) is 30.9. The van der Waals surface area contributed by atoms with E-state index in [4.69, 9.17) is 22.3 Å². The van der Waals surface area contributed by atoms with E-state index in [0.29, 0.717) is 27.4 Å². The number of nitrogens with two attached hydrogens (primary N) is 1. The number of hydrogen-bond donors (Lipinski definition) is 2. The molecule has 5 aromatic rings. The summed E-state index contributed by atoms with van der Waals surface area (Å²) in [6, 6.07) is 16.0. The largest absolute Gasteiger partial charge is 0.368 e. The van der Waals surface area contributed by atoms with E-state index in [-0.39, 0.29) is 22.9 Å². The van der Waals surface area contributed by atoms with E-state index in [9.17, 15) is 10.1 Å². The van der Waals surface area contributed by atoms with Gasteiger partial charge in [0.15, 0.2) is 0 Å². The molecule has 0 aliphatic rings. The second-order valence-electron chi connectivity index (χ2n) is 7.59. The fraction of sp³-hybridized carbons (Fsp3) is 0.0833. The zero-order valence-electron chi connectivity index (χ0n) is 17.9. The van der Waals surface area contributed by atoms with Crippen molar-refractivity contribution in [1.29, 1.82) is 5.26 Å². The van der Waals surface area contributed by atoms with Crippen LogP contribution in [0.4, 0.5) is 11.8 Å². The summed E-state index contributed by atoms with van der Waals surface area (Å²) in [5.74, 6) is 0.663. The fourth-order valence-corrected chi connectivity index (χ4v) is 4.05. The van der Waals surface area contributed by atoms with Gasteiger partial charge in [-0.1, -0.05) is 29.8 Å². The maximum absolute atomic E-state index is 13.7. The standard InChI is InChI=1S/C24H17ClN8O/c1-13(30-21-15(11-26)12-29-24(27)32-21)22-31-18-6-2-5-17(25)20(18)23(34)33(22)16-8-7-14-4-3-9-28-19(14)10-16/h2-10,12-13H,1H3,(H3,27,29,30,32)/t13-/m0/s1. The highest BCUT2D eigenvalue weighted by Gasteiger charge is 2.21. The summed E-state index contributed by atoms with van der Waals surface area (Å²) in [5.41, 5.74) is 7.38. The molecule has 0 aliphatic heterocycles. The predicted octanol–water partition coefficient (Wildman–Crippen LogP) is 4.00. The van der Waals surface area contributed by atoms with E-state index in [1.807, 2.05) is 43.3 Å². The van der Waals surface area contributed by atoms with Gasteiger partial charge in [0.05, 0.1) is 39.4 Å². The number of nitrogen functional groups attached to an aromatic ring is 1. The van der Waals surface area contributed by atoms with Crippen molar-refractivity contribution in [1.82, 2.24) is 24.5 Å². The van der Waals surface area contributed by atoms with Gasteiger partial charge in [0.2, 0.25) is 5.95 Å². The monoisotopic (exact) mass is 468 g/mol. The molecule has 10 heteroatoms. The molecular weight excluding hydrogens is 452 g/mol. The number of nitrogens with zero attached hydrogens (tertiary/aromatic N) is 6. The lowest BCUT2D eigenvalue weighted by Crippen LogP contribution is -2.27. The normalized spacial score (nSPS) is 11.9. The van der Waals surface area contributed by atoms with Crippen LogP contribution in [0.15, 0.2) is 65.7 Å². The number of benzene rings is 2. The molecular formula is C24H17ClN8O. The smallest absolute Gasteiger partial charge is 0.267 e. The Morgan fingerprint density at radius 3 is 2.79 bits per heavy atom. The Kier molecular flexibility index (Phi) is 5.28. The molecule has 5 rings (SSSR count). The zero-order valence-corrected chi connectivity index (χ0v) is 18.7. The molecule has 3 heterocycles. The first-order valence-electron chi connectivity index (χ1n) is 10.3. The Labute approximate surface area is 198 Å². The van der Waals surface area contributed by atoms with E-state index < -0.39 is 6.04 Å². The molecule has 3 N–H and O–H groups in total. The summed E-state index contributed by atoms with van der Waals surface area (Å²) in [6.07, 6.45) is 3.03. The lowest BCUT2D eigenvalue weighted by atomic mass is 10.1. The third kappa shape index (κ3) is 3.66. The van der Waals surface area contributed by atoms with Gasteiger partial charge in [-0.2, -0.15) is 10.2 Å². The summed E-state index contributed by atoms with van der Waals surface area (Å²) < 4.78 is 1.50. The molecule has 0 amide bonds. The number of rotatable bonds is 4. The minimum atomic E-state index is -0.545. The Hall–Kier alpha value is -4.55. The number of fused-ring (bicyclic) bond motifs is 2. The van der Waals surface area contributed by atoms with Crippen LogP contribution in [0.5, 0.6) is 0 Å². The van der Waals surface area contributed by atoms with Gasteiger partial charge in [0.1, 0.15) is 23.3 Å². The molecule has 34 heavy (non-hydrogen) atoms. The maximum Gasteiger partial charge on any atom is 0.267 e. The highest BCUT2D eigenvalue weighted by atomic mass is 35.5. The molecule has 0 radical (unpaired) electrons. The number of pyridine rings is 1. The second kappa shape index (κ2) is 8.42. The van der Waals surface area contributed by atoms with E-state index in [0.717, 1.165) is 10.9 Å². The van der Waals surface area contributed by atoms with Crippen molar-refractivity contribution in [2.75, 3.05) is 11.1 Å². The molecule has 0 unspecified atom stereocenters. The van der Waals surface area contributed by atoms with E-state index in [1.54, 1.807) is 24.4 Å². The highest BCUT2D eigenvalue weighted by Crippen LogP contribution is 2.26. The lowest BCUT2D eigenvalue weighted by Gasteiger charge is -2.21. The van der Waals surface area contributed by atoms with E-state index in [1.165, 1.54) is 10.8 Å². The molecule has 3 aromatic heterocycles. The van der Waals surface area contributed by atoms with E-state index in [2.05, 4.69) is 20.3 Å². The first-order valence-corrected chi connectivity index (χ1v) is 10.7. The van der Waals surface area contributed by atoms with Gasteiger partial charge in [-0.25, -0.2) is 9.97 Å². The van der Waals surface area contributed by atoms with Gasteiger partial charge in [-0.3, -0.25) is 14.3 Å². The molecule has 166 valence electrons. The summed E-state index contributed by atoms with van der Waals surface area (Å²) in [6.45, 7) is 1.81. The summed E-state index contributed by atoms with van der Waals surface area (Å²) in [7, 11) is 0. The molecule has 0 spiro atoms. The Morgan fingerprint density at radius 1 is 1.12 bits per heavy atom. The summed E-state index contributed by atoms with van der Waals surface area (Å²) >= 11 is 6.39. The average molecular weight is 469 g/mol. The fourth-order valence-electron chi connectivity index (χ4n) is 3.80. The summed E-state index contributed by atoms with van der Waals surface area (Å²) in [5, 5.41) is 14.1. The van der Waals surface area contributed by atoms with Gasteiger partial charge >= 0.3 is 0 Å². The van der Waals surface area contributed by atoms with Crippen LogP contribution in [0.25, 0.3) is 27.5 Å². The van der Waals surface area contributed by atoms with Crippen LogP contribution in [0.2, 0.25) is 5.02 Å². The van der Waals surface area contributed by atoms with Crippen LogP contribution in [0.1, 0.15) is 24.4 Å². The topological polar surface area (TPSA) is 135 Å². The van der Waals surface area contributed by atoms with Crippen molar-refractivity contribution in [3.8, 4) is 11.8 Å². The van der Waals surface area contributed by atoms with Gasteiger partial charge in [0.25, 0.3) is 5.56 Å². The van der Waals surface area contributed by atoms with Crippen LogP contribution in [-0.2, 0) is 0 Å². The van der Waals surface area contributed by atoms with Crippen molar-refractivity contribution in [2.24, 2.45) is 0 Å². The SMILES string of the molecule is C[C@H](Nc1nc(N)ncc1C#N)c1nc2cccc(Cl)c2c(=O)n1-c1ccc2cccnc2c1. The van der Waals surface area contributed by atoms with Crippen LogP contribution in [-0.4, -0.2) is 24.5 Å². The van der Waals surface area contributed by atoms with Gasteiger partial charge in [-0.15, -0.1) is 0 Å². The molecule has 0 aliphatic carbocycles. The number of nitriles is 1. The highest BCUT2D eigenvalue weighted by molar-refractivity contribution is 6.35. The van der Waals surface area contributed by atoms with E-state index >= 15 is 0 Å². The van der Waals surface area contributed by atoms with Crippen LogP contribution in [0, 0.1) is 11.3 Å². The lowest BCUT2D eigenvalue weighted by molar-refractivity contribution is 0.731. The van der Waals surface area contributed by atoms with Gasteiger partial charge in [-0.05, 0) is 37.3 Å². The number of hydrogen-bond acceptors (Lipinski definition) is 8. The minimum absolute atomic E-state index is 0.0185. The predicted molar refractivity (Wildman–Crippen MR) is 131 cm³/mol. The van der Waals surface area contributed by atoms with Crippen molar-refractivity contribution in [2.45, 2.75) is 13.0 Å². The minimum Gasteiger partial charge on any atom is -0.368 e. The van der Waals surface area contributed by atoms with Crippen LogP contribution < -0.4 is 16.6 Å². The molecule has 2 aromatic carbocycles. The quantitative estimate of drug-likeness (QED) is 0.404. The van der Waals surface area contributed by atoms with Crippen molar-refractivity contribution < 1.29 is 0 Å². The molecule has 0 fully saturated rings. The molecule has 0 saturated carbocycles. The van der Waals surface area contributed by atoms with Crippen LogP contribution in [0.3, 0.4) is 0 Å². The molecule has 9 nitrogen and oxygen atoms in total. The number of halogens is 1. The van der Waals surface area contributed by atoms with Gasteiger partial charge in [0, 0.05) is 11.6 Å².